The molecule has 1 aromatic carbocycles. The van der Waals surface area contributed by atoms with Crippen LogP contribution >= 0.6 is 0 Å². The summed E-state index contributed by atoms with van der Waals surface area (Å²) in [6, 6.07) is 10.6. The first-order chi connectivity index (χ1) is 7.87. The molecule has 0 aliphatic carbocycles. The maximum atomic E-state index is 8.44. The number of hydrogen-bond donors (Lipinski definition) is 1. The molecular weight excluding hydrogens is 218 g/mol. The van der Waals surface area contributed by atoms with Gasteiger partial charge >= 0.3 is 0 Å². The van der Waals surface area contributed by atoms with Crippen LogP contribution in [0.15, 0.2) is 43.0 Å². The van der Waals surface area contributed by atoms with Crippen LogP contribution in [-0.4, -0.2) is 36.4 Å². The number of likely N-dealkylation sites (N-methyl/N-ethyl adjacent to an activating group) is 1. The van der Waals surface area contributed by atoms with Gasteiger partial charge in [-0.25, -0.2) is 0 Å². The van der Waals surface area contributed by atoms with E-state index < -0.39 is 6.16 Å². The predicted octanol–water partition coefficient (Wildman–Crippen LogP) is 1.34. The molecule has 0 saturated carbocycles. The number of nitrogens with zero attached hydrogens (tertiary/aromatic N) is 1. The summed E-state index contributed by atoms with van der Waals surface area (Å²) in [5.74, 6) is 0. The second-order valence-electron chi connectivity index (χ2n) is 4.32. The molecule has 1 N–H and O–H groups in total. The Labute approximate surface area is 102 Å². The predicted molar refractivity (Wildman–Crippen MR) is 65.3 cm³/mol. The normalized spacial score (nSPS) is 10.0. The molecule has 1 rings (SSSR count). The topological polar surface area (TPSA) is 60.4 Å². The molecule has 1 aromatic rings. The van der Waals surface area contributed by atoms with Crippen molar-refractivity contribution in [2.45, 2.75) is 6.54 Å². The van der Waals surface area contributed by atoms with Gasteiger partial charge in [-0.2, -0.15) is 0 Å². The van der Waals surface area contributed by atoms with Crippen LogP contribution in [0.1, 0.15) is 5.56 Å². The van der Waals surface area contributed by atoms with E-state index in [1.165, 1.54) is 5.56 Å². The van der Waals surface area contributed by atoms with Gasteiger partial charge < -0.3 is 19.5 Å². The molecule has 17 heavy (non-hydrogen) atoms. The lowest BCUT2D eigenvalue weighted by Gasteiger charge is -2.28. The number of hydrogen-bond acceptors (Lipinski definition) is 2. The third-order valence-electron chi connectivity index (χ3n) is 2.08. The minimum Gasteiger partial charge on any atom is -0.565 e. The van der Waals surface area contributed by atoms with Crippen LogP contribution in [0.4, 0.5) is 4.79 Å². The summed E-state index contributed by atoms with van der Waals surface area (Å²) in [6.45, 7) is 5.84. The highest BCUT2D eigenvalue weighted by atomic mass is 16.6. The highest BCUT2D eigenvalue weighted by Gasteiger charge is 2.12. The van der Waals surface area contributed by atoms with Gasteiger partial charge in [0.2, 0.25) is 6.16 Å². The van der Waals surface area contributed by atoms with Crippen LogP contribution in [-0.2, 0) is 6.54 Å². The third-order valence-corrected chi connectivity index (χ3v) is 2.08. The maximum absolute atomic E-state index is 8.44. The summed E-state index contributed by atoms with van der Waals surface area (Å²) in [5.41, 5.74) is 1.38. The van der Waals surface area contributed by atoms with E-state index in [4.69, 9.17) is 15.0 Å². The quantitative estimate of drug-likeness (QED) is 0.635. The Balaban J connectivity index is 0.000000557. The molecule has 4 heteroatoms. The molecule has 0 amide bonds. The second-order valence-corrected chi connectivity index (χ2v) is 4.32. The number of carboxylic acid groups (broad SMARTS) is 2. The van der Waals surface area contributed by atoms with Crippen molar-refractivity contribution in [1.82, 2.24) is 0 Å². The van der Waals surface area contributed by atoms with Crippen molar-refractivity contribution in [3.63, 3.8) is 0 Å². The molecule has 0 heterocycles. The molecule has 0 spiro atoms. The lowest BCUT2D eigenvalue weighted by molar-refractivity contribution is -0.897. The van der Waals surface area contributed by atoms with Crippen molar-refractivity contribution in [1.29, 1.82) is 0 Å². The molecule has 0 unspecified atom stereocenters. The molecule has 94 valence electrons. The average Bonchev–Trinajstić information content (AvgIpc) is 2.17. The van der Waals surface area contributed by atoms with Gasteiger partial charge in [0.1, 0.15) is 6.54 Å². The van der Waals surface area contributed by atoms with Crippen LogP contribution in [0.5, 0.6) is 0 Å². The van der Waals surface area contributed by atoms with E-state index in [1.54, 1.807) is 0 Å². The molecule has 0 aliphatic rings. The molecule has 0 atom stereocenters. The van der Waals surface area contributed by atoms with Crippen molar-refractivity contribution in [2.75, 3.05) is 20.6 Å². The molecule has 0 aliphatic heterocycles. The lowest BCUT2D eigenvalue weighted by atomic mass is 10.2. The van der Waals surface area contributed by atoms with E-state index in [9.17, 15) is 0 Å². The molecule has 0 saturated heterocycles. The fourth-order valence-corrected chi connectivity index (χ4v) is 1.49. The van der Waals surface area contributed by atoms with E-state index in [2.05, 4.69) is 51.0 Å². The first kappa shape index (κ1) is 15.2. The van der Waals surface area contributed by atoms with Gasteiger partial charge in [0.15, 0.2) is 0 Å². The Morgan fingerprint density at radius 3 is 2.29 bits per heavy atom. The standard InChI is InChI=1S/C12H18N.CH2O3/c1-4-10-13(2,3)11-12-8-6-5-7-9-12;2-1(3)4/h4-9H,1,10-11H2,2-3H3;(H2,2,3,4)/q+1;/p-1. The third kappa shape index (κ3) is 9.14. The lowest BCUT2D eigenvalue weighted by Crippen LogP contribution is -2.38. The number of quaternary nitrogens is 1. The zero-order valence-electron chi connectivity index (χ0n) is 10.3. The fourth-order valence-electron chi connectivity index (χ4n) is 1.49. The van der Waals surface area contributed by atoms with Gasteiger partial charge in [-0.15, -0.1) is 0 Å². The van der Waals surface area contributed by atoms with Crippen molar-refractivity contribution in [3.8, 4) is 0 Å². The maximum Gasteiger partial charge on any atom is 0.249 e. The highest BCUT2D eigenvalue weighted by Crippen LogP contribution is 2.08. The zero-order chi connectivity index (χ0) is 13.3. The fraction of sp³-hybridized carbons (Fsp3) is 0.308. The minimum absolute atomic E-state index is 0.966. The average molecular weight is 237 g/mol. The Bertz CT molecular complexity index is 343. The largest absolute Gasteiger partial charge is 0.565 e. The number of carbonyl (C=O) groups is 1. The molecule has 0 aromatic heterocycles. The Morgan fingerprint density at radius 2 is 1.88 bits per heavy atom. The van der Waals surface area contributed by atoms with Crippen LogP contribution in [0.2, 0.25) is 0 Å². The summed E-state index contributed by atoms with van der Waals surface area (Å²) in [6.07, 6.45) is -0.108. The first-order valence-corrected chi connectivity index (χ1v) is 5.24. The summed E-state index contributed by atoms with van der Waals surface area (Å²) < 4.78 is 0.966. The summed E-state index contributed by atoms with van der Waals surface area (Å²) in [4.78, 5) is 8.44. The van der Waals surface area contributed by atoms with Gasteiger partial charge in [0, 0.05) is 5.56 Å². The SMILES string of the molecule is C=CC[N+](C)(C)Cc1ccccc1.O=C([O-])O. The van der Waals surface area contributed by atoms with Gasteiger partial charge in [0.05, 0.1) is 20.6 Å². The minimum atomic E-state index is -2.08. The Morgan fingerprint density at radius 1 is 1.41 bits per heavy atom. The summed E-state index contributed by atoms with van der Waals surface area (Å²) >= 11 is 0. The van der Waals surface area contributed by atoms with E-state index in [0.717, 1.165) is 17.6 Å². The van der Waals surface area contributed by atoms with E-state index >= 15 is 0 Å². The van der Waals surface area contributed by atoms with Crippen molar-refractivity contribution < 1.29 is 19.5 Å². The highest BCUT2D eigenvalue weighted by molar-refractivity contribution is 5.50. The zero-order valence-corrected chi connectivity index (χ0v) is 10.3. The Hall–Kier alpha value is -1.81. The van der Waals surface area contributed by atoms with E-state index in [1.807, 2.05) is 6.08 Å². The summed E-state index contributed by atoms with van der Waals surface area (Å²) in [5, 5.41) is 15.3. The van der Waals surface area contributed by atoms with Crippen LogP contribution in [0, 0.1) is 0 Å². The van der Waals surface area contributed by atoms with Crippen molar-refractivity contribution in [3.05, 3.63) is 48.6 Å². The first-order valence-electron chi connectivity index (χ1n) is 5.24. The Kier molecular flexibility index (Phi) is 6.67. The summed E-state index contributed by atoms with van der Waals surface area (Å²) in [7, 11) is 4.43. The van der Waals surface area contributed by atoms with E-state index in [-0.39, 0.29) is 0 Å². The molecule has 0 fully saturated rings. The van der Waals surface area contributed by atoms with Gasteiger partial charge in [-0.1, -0.05) is 36.9 Å². The van der Waals surface area contributed by atoms with Gasteiger partial charge in [-0.3, -0.25) is 0 Å². The van der Waals surface area contributed by atoms with Gasteiger partial charge in [-0.05, 0) is 6.08 Å². The number of benzene rings is 1. The molecule has 4 nitrogen and oxygen atoms in total. The van der Waals surface area contributed by atoms with Crippen molar-refractivity contribution >= 4 is 6.16 Å². The van der Waals surface area contributed by atoms with E-state index in [0.29, 0.717) is 0 Å². The smallest absolute Gasteiger partial charge is 0.249 e. The van der Waals surface area contributed by atoms with Crippen LogP contribution < -0.4 is 5.11 Å². The van der Waals surface area contributed by atoms with Gasteiger partial charge in [0.25, 0.3) is 0 Å². The molecule has 0 bridgehead atoms. The number of rotatable bonds is 4. The van der Waals surface area contributed by atoms with Crippen LogP contribution in [0.3, 0.4) is 0 Å². The molecular formula is C13H19NO3. The monoisotopic (exact) mass is 237 g/mol. The second kappa shape index (κ2) is 7.46. The molecule has 0 radical (unpaired) electrons. The van der Waals surface area contributed by atoms with Crippen LogP contribution in [0.25, 0.3) is 0 Å². The van der Waals surface area contributed by atoms with Crippen molar-refractivity contribution in [2.24, 2.45) is 0 Å².